The Labute approximate surface area is 106 Å². The van der Waals surface area contributed by atoms with Crippen LogP contribution in [0, 0.1) is 17.7 Å². The molecule has 1 aliphatic carbocycles. The van der Waals surface area contributed by atoms with Gasteiger partial charge in [-0.1, -0.05) is 6.92 Å². The second kappa shape index (κ2) is 5.38. The minimum absolute atomic E-state index is 0.0260. The van der Waals surface area contributed by atoms with E-state index in [9.17, 15) is 9.18 Å². The quantitative estimate of drug-likeness (QED) is 0.792. The van der Waals surface area contributed by atoms with Gasteiger partial charge in [0.1, 0.15) is 0 Å². The molecule has 2 N–H and O–H groups in total. The van der Waals surface area contributed by atoms with Crippen molar-refractivity contribution >= 4 is 11.6 Å². The standard InChI is InChI=1S/C14H18FNO2/c1-9-2-4-10(5-3-9)14(18)16-11-6-7-13(17)12(15)8-11/h6-10,17H,2-5H2,1H3,(H,16,18). The molecule has 18 heavy (non-hydrogen) atoms. The number of carbonyl (C=O) groups is 1. The molecule has 0 saturated heterocycles. The second-order valence-corrected chi connectivity index (χ2v) is 5.11. The number of anilines is 1. The Morgan fingerprint density at radius 1 is 1.33 bits per heavy atom. The van der Waals surface area contributed by atoms with Crippen molar-refractivity contribution in [1.82, 2.24) is 0 Å². The van der Waals surface area contributed by atoms with Crippen LogP contribution in [0.3, 0.4) is 0 Å². The average Bonchev–Trinajstić information content (AvgIpc) is 2.34. The van der Waals surface area contributed by atoms with Crippen LogP contribution in [0.1, 0.15) is 32.6 Å². The topological polar surface area (TPSA) is 49.3 Å². The van der Waals surface area contributed by atoms with Gasteiger partial charge in [-0.2, -0.15) is 0 Å². The van der Waals surface area contributed by atoms with Crippen LogP contribution in [0.15, 0.2) is 18.2 Å². The highest BCUT2D eigenvalue weighted by atomic mass is 19.1. The Kier molecular flexibility index (Phi) is 3.84. The molecule has 2 rings (SSSR count). The van der Waals surface area contributed by atoms with Gasteiger partial charge in [-0.25, -0.2) is 4.39 Å². The molecule has 0 spiro atoms. The van der Waals surface area contributed by atoms with Crippen LogP contribution in [-0.4, -0.2) is 11.0 Å². The molecule has 0 aromatic heterocycles. The Balaban J connectivity index is 1.96. The summed E-state index contributed by atoms with van der Waals surface area (Å²) in [5.74, 6) is -0.449. The van der Waals surface area contributed by atoms with E-state index in [0.29, 0.717) is 11.6 Å². The fourth-order valence-electron chi connectivity index (χ4n) is 2.35. The molecule has 1 aliphatic rings. The highest BCUT2D eigenvalue weighted by Gasteiger charge is 2.24. The summed E-state index contributed by atoms with van der Waals surface area (Å²) < 4.78 is 13.1. The van der Waals surface area contributed by atoms with Crippen molar-refractivity contribution < 1.29 is 14.3 Å². The molecule has 0 heterocycles. The third kappa shape index (κ3) is 3.00. The van der Waals surface area contributed by atoms with E-state index in [2.05, 4.69) is 12.2 Å². The van der Waals surface area contributed by atoms with E-state index in [1.807, 2.05) is 0 Å². The Morgan fingerprint density at radius 2 is 2.00 bits per heavy atom. The van der Waals surface area contributed by atoms with Crippen molar-refractivity contribution in [1.29, 1.82) is 0 Å². The highest BCUT2D eigenvalue weighted by Crippen LogP contribution is 2.29. The Morgan fingerprint density at radius 3 is 2.61 bits per heavy atom. The third-order valence-corrected chi connectivity index (χ3v) is 3.60. The minimum atomic E-state index is -0.718. The lowest BCUT2D eigenvalue weighted by Crippen LogP contribution is -2.26. The smallest absolute Gasteiger partial charge is 0.227 e. The largest absolute Gasteiger partial charge is 0.505 e. The van der Waals surface area contributed by atoms with Gasteiger partial charge in [0.05, 0.1) is 0 Å². The first-order valence-corrected chi connectivity index (χ1v) is 6.35. The second-order valence-electron chi connectivity index (χ2n) is 5.11. The van der Waals surface area contributed by atoms with Crippen LogP contribution in [0.2, 0.25) is 0 Å². The molecule has 0 atom stereocenters. The van der Waals surface area contributed by atoms with Crippen molar-refractivity contribution in [3.8, 4) is 5.75 Å². The van der Waals surface area contributed by atoms with Crippen molar-refractivity contribution in [3.05, 3.63) is 24.0 Å². The number of phenolic OH excluding ortho intramolecular Hbond substituents is 1. The van der Waals surface area contributed by atoms with E-state index in [1.54, 1.807) is 0 Å². The Hall–Kier alpha value is -1.58. The summed E-state index contributed by atoms with van der Waals surface area (Å²) in [6.45, 7) is 2.20. The van der Waals surface area contributed by atoms with Crippen molar-refractivity contribution in [2.45, 2.75) is 32.6 Å². The molecule has 0 unspecified atom stereocenters. The van der Waals surface area contributed by atoms with Crippen LogP contribution >= 0.6 is 0 Å². The fourth-order valence-corrected chi connectivity index (χ4v) is 2.35. The number of carbonyl (C=O) groups excluding carboxylic acids is 1. The van der Waals surface area contributed by atoms with E-state index in [4.69, 9.17) is 5.11 Å². The zero-order valence-corrected chi connectivity index (χ0v) is 10.4. The number of aromatic hydroxyl groups is 1. The van der Waals surface area contributed by atoms with E-state index in [0.717, 1.165) is 31.7 Å². The predicted molar refractivity (Wildman–Crippen MR) is 67.8 cm³/mol. The van der Waals surface area contributed by atoms with E-state index in [-0.39, 0.29) is 11.8 Å². The summed E-state index contributed by atoms with van der Waals surface area (Å²) in [5, 5.41) is 11.8. The Bertz CT molecular complexity index is 439. The number of hydrogen-bond donors (Lipinski definition) is 2. The first kappa shape index (κ1) is 12.9. The molecule has 1 saturated carbocycles. The highest BCUT2D eigenvalue weighted by molar-refractivity contribution is 5.92. The van der Waals surface area contributed by atoms with Gasteiger partial charge in [-0.05, 0) is 43.7 Å². The van der Waals surface area contributed by atoms with Gasteiger partial charge < -0.3 is 10.4 Å². The summed E-state index contributed by atoms with van der Waals surface area (Å²) in [5.41, 5.74) is 0.397. The van der Waals surface area contributed by atoms with E-state index in [1.165, 1.54) is 12.1 Å². The molecule has 0 bridgehead atoms. The molecule has 1 aromatic carbocycles. The van der Waals surface area contributed by atoms with Crippen molar-refractivity contribution in [3.63, 3.8) is 0 Å². The maximum atomic E-state index is 13.1. The predicted octanol–water partition coefficient (Wildman–Crippen LogP) is 3.30. The first-order chi connectivity index (χ1) is 8.56. The molecule has 4 heteroatoms. The van der Waals surface area contributed by atoms with E-state index >= 15 is 0 Å². The molecular weight excluding hydrogens is 233 g/mol. The van der Waals surface area contributed by atoms with Gasteiger partial charge in [0, 0.05) is 17.7 Å². The lowest BCUT2D eigenvalue weighted by Gasteiger charge is -2.25. The van der Waals surface area contributed by atoms with Gasteiger partial charge in [-0.3, -0.25) is 4.79 Å². The summed E-state index contributed by atoms with van der Waals surface area (Å²) in [4.78, 5) is 12.0. The van der Waals surface area contributed by atoms with Gasteiger partial charge in [-0.15, -0.1) is 0 Å². The van der Waals surface area contributed by atoms with Crippen molar-refractivity contribution in [2.24, 2.45) is 11.8 Å². The van der Waals surface area contributed by atoms with Crippen LogP contribution < -0.4 is 5.32 Å². The van der Waals surface area contributed by atoms with Gasteiger partial charge >= 0.3 is 0 Å². The molecule has 1 amide bonds. The monoisotopic (exact) mass is 251 g/mol. The molecule has 1 fully saturated rings. The van der Waals surface area contributed by atoms with Crippen LogP contribution in [0.25, 0.3) is 0 Å². The van der Waals surface area contributed by atoms with Gasteiger partial charge in [0.25, 0.3) is 0 Å². The fraction of sp³-hybridized carbons (Fsp3) is 0.500. The van der Waals surface area contributed by atoms with Crippen molar-refractivity contribution in [2.75, 3.05) is 5.32 Å². The molecule has 0 aliphatic heterocycles. The maximum Gasteiger partial charge on any atom is 0.227 e. The zero-order valence-electron chi connectivity index (χ0n) is 10.4. The number of rotatable bonds is 2. The lowest BCUT2D eigenvalue weighted by atomic mass is 9.82. The first-order valence-electron chi connectivity index (χ1n) is 6.35. The molecule has 3 nitrogen and oxygen atoms in total. The maximum absolute atomic E-state index is 13.1. The number of phenols is 1. The number of hydrogen-bond acceptors (Lipinski definition) is 2. The minimum Gasteiger partial charge on any atom is -0.505 e. The number of nitrogens with one attached hydrogen (secondary N) is 1. The molecule has 98 valence electrons. The van der Waals surface area contributed by atoms with Crippen LogP contribution in [0.4, 0.5) is 10.1 Å². The van der Waals surface area contributed by atoms with E-state index < -0.39 is 11.6 Å². The summed E-state index contributed by atoms with van der Waals surface area (Å²) in [6.07, 6.45) is 3.94. The summed E-state index contributed by atoms with van der Waals surface area (Å²) in [7, 11) is 0. The number of benzene rings is 1. The normalized spacial score (nSPS) is 23.7. The third-order valence-electron chi connectivity index (χ3n) is 3.60. The van der Waals surface area contributed by atoms with Crippen LogP contribution in [-0.2, 0) is 4.79 Å². The number of halogens is 1. The molecule has 0 radical (unpaired) electrons. The zero-order chi connectivity index (χ0) is 13.1. The molecule has 1 aromatic rings. The van der Waals surface area contributed by atoms with Gasteiger partial charge in [0.2, 0.25) is 5.91 Å². The molecular formula is C14H18FNO2. The average molecular weight is 251 g/mol. The number of amides is 1. The van der Waals surface area contributed by atoms with Crippen LogP contribution in [0.5, 0.6) is 5.75 Å². The summed E-state index contributed by atoms with van der Waals surface area (Å²) >= 11 is 0. The SMILES string of the molecule is CC1CCC(C(=O)Nc2ccc(O)c(F)c2)CC1. The summed E-state index contributed by atoms with van der Waals surface area (Å²) in [6, 6.07) is 3.88. The lowest BCUT2D eigenvalue weighted by molar-refractivity contribution is -0.121. The van der Waals surface area contributed by atoms with Gasteiger partial charge in [0.15, 0.2) is 11.6 Å².